The van der Waals surface area contributed by atoms with Crippen molar-refractivity contribution in [3.8, 4) is 5.75 Å². The van der Waals surface area contributed by atoms with Gasteiger partial charge in [-0.1, -0.05) is 30.3 Å². The van der Waals surface area contributed by atoms with Gasteiger partial charge in [-0.2, -0.15) is 0 Å². The van der Waals surface area contributed by atoms with Crippen molar-refractivity contribution in [1.82, 2.24) is 5.32 Å². The molecule has 0 bridgehead atoms. The molecule has 3 N–H and O–H groups in total. The van der Waals surface area contributed by atoms with Crippen molar-refractivity contribution >= 4 is 11.7 Å². The molecule has 0 fully saturated rings. The molecule has 0 aliphatic carbocycles. The van der Waals surface area contributed by atoms with Crippen LogP contribution in [0.3, 0.4) is 0 Å². The number of phenolic OH excluding ortho intramolecular Hbond substituents is 1. The highest BCUT2D eigenvalue weighted by Gasteiger charge is 2.03. The molecule has 0 saturated carbocycles. The predicted octanol–water partition coefficient (Wildman–Crippen LogP) is 3.06. The number of hydrogen-bond acceptors (Lipinski definition) is 2. The lowest BCUT2D eigenvalue weighted by molar-refractivity contribution is 0.252. The maximum atomic E-state index is 11.7. The zero-order valence-electron chi connectivity index (χ0n) is 11.4. The average Bonchev–Trinajstić information content (AvgIpc) is 2.44. The first-order chi connectivity index (χ1) is 9.65. The topological polar surface area (TPSA) is 61.4 Å². The highest BCUT2D eigenvalue weighted by molar-refractivity contribution is 5.89. The van der Waals surface area contributed by atoms with Gasteiger partial charge in [-0.05, 0) is 42.7 Å². The molecule has 0 spiro atoms. The van der Waals surface area contributed by atoms with Crippen LogP contribution in [0.5, 0.6) is 5.75 Å². The van der Waals surface area contributed by atoms with Gasteiger partial charge in [-0.15, -0.1) is 0 Å². The smallest absolute Gasteiger partial charge is 0.319 e. The lowest BCUT2D eigenvalue weighted by Gasteiger charge is -2.09. The molecule has 0 aliphatic heterocycles. The molecule has 104 valence electrons. The molecule has 0 saturated heterocycles. The highest BCUT2D eigenvalue weighted by atomic mass is 16.3. The number of aryl methyl sites for hydroxylation is 1. The number of rotatable bonds is 4. The second-order valence-electron chi connectivity index (χ2n) is 4.61. The molecule has 0 aliphatic rings. The van der Waals surface area contributed by atoms with E-state index in [1.165, 1.54) is 0 Å². The van der Waals surface area contributed by atoms with E-state index < -0.39 is 0 Å². The van der Waals surface area contributed by atoms with Gasteiger partial charge in [0.15, 0.2) is 0 Å². The summed E-state index contributed by atoms with van der Waals surface area (Å²) in [4.78, 5) is 11.7. The molecule has 2 aromatic carbocycles. The summed E-state index contributed by atoms with van der Waals surface area (Å²) >= 11 is 0. The Hall–Kier alpha value is -2.49. The molecule has 0 radical (unpaired) electrons. The summed E-state index contributed by atoms with van der Waals surface area (Å²) in [5, 5.41) is 14.8. The summed E-state index contributed by atoms with van der Waals surface area (Å²) in [6.07, 6.45) is 0.724. The zero-order chi connectivity index (χ0) is 14.4. The minimum Gasteiger partial charge on any atom is -0.508 e. The van der Waals surface area contributed by atoms with Crippen LogP contribution in [-0.4, -0.2) is 17.7 Å². The number of carbonyl (C=O) groups is 1. The van der Waals surface area contributed by atoms with Crippen molar-refractivity contribution in [3.05, 3.63) is 59.7 Å². The van der Waals surface area contributed by atoms with Gasteiger partial charge in [-0.25, -0.2) is 4.79 Å². The van der Waals surface area contributed by atoms with Crippen LogP contribution in [-0.2, 0) is 6.42 Å². The molecule has 2 amide bonds. The van der Waals surface area contributed by atoms with E-state index in [1.54, 1.807) is 12.1 Å². The summed E-state index contributed by atoms with van der Waals surface area (Å²) in [6.45, 7) is 2.49. The van der Waals surface area contributed by atoms with Crippen LogP contribution in [0.4, 0.5) is 10.5 Å². The van der Waals surface area contributed by atoms with E-state index in [0.29, 0.717) is 6.54 Å². The molecule has 4 nitrogen and oxygen atoms in total. The third-order valence-electron chi connectivity index (χ3n) is 3.03. The Bertz CT molecular complexity index is 579. The van der Waals surface area contributed by atoms with Gasteiger partial charge in [0.05, 0.1) is 0 Å². The van der Waals surface area contributed by atoms with Crippen LogP contribution in [0.25, 0.3) is 0 Å². The maximum absolute atomic E-state index is 11.7. The second-order valence-corrected chi connectivity index (χ2v) is 4.61. The van der Waals surface area contributed by atoms with Crippen LogP contribution in [0.2, 0.25) is 0 Å². The monoisotopic (exact) mass is 270 g/mol. The molecule has 20 heavy (non-hydrogen) atoms. The van der Waals surface area contributed by atoms with E-state index in [-0.39, 0.29) is 11.8 Å². The number of urea groups is 1. The van der Waals surface area contributed by atoms with Gasteiger partial charge in [0.25, 0.3) is 0 Å². The highest BCUT2D eigenvalue weighted by Crippen LogP contribution is 2.12. The normalized spacial score (nSPS) is 10.1. The Kier molecular flexibility index (Phi) is 4.60. The third kappa shape index (κ3) is 4.02. The lowest BCUT2D eigenvalue weighted by atomic mass is 10.1. The van der Waals surface area contributed by atoms with Gasteiger partial charge >= 0.3 is 6.03 Å². The first-order valence-corrected chi connectivity index (χ1v) is 6.53. The van der Waals surface area contributed by atoms with Crippen molar-refractivity contribution in [2.45, 2.75) is 13.3 Å². The number of amides is 2. The summed E-state index contributed by atoms with van der Waals surface area (Å²) in [6, 6.07) is 14.4. The van der Waals surface area contributed by atoms with E-state index in [9.17, 15) is 9.90 Å². The van der Waals surface area contributed by atoms with Crippen LogP contribution >= 0.6 is 0 Å². The SMILES string of the molecule is Cc1ccccc1NC(=O)NCCc1ccc(O)cc1. The number of anilines is 1. The van der Waals surface area contributed by atoms with Gasteiger partial charge < -0.3 is 15.7 Å². The van der Waals surface area contributed by atoms with Crippen molar-refractivity contribution in [1.29, 1.82) is 0 Å². The molecule has 0 heterocycles. The standard InChI is InChI=1S/C16H18N2O2/c1-12-4-2-3-5-15(12)18-16(20)17-11-10-13-6-8-14(19)9-7-13/h2-9,19H,10-11H2,1H3,(H2,17,18,20). The Morgan fingerprint density at radius 2 is 1.80 bits per heavy atom. The van der Waals surface area contributed by atoms with Crippen LogP contribution in [0.15, 0.2) is 48.5 Å². The molecule has 2 rings (SSSR count). The quantitative estimate of drug-likeness (QED) is 0.799. The van der Waals surface area contributed by atoms with E-state index in [0.717, 1.165) is 23.2 Å². The average molecular weight is 270 g/mol. The fourth-order valence-corrected chi connectivity index (χ4v) is 1.86. The maximum Gasteiger partial charge on any atom is 0.319 e. The Balaban J connectivity index is 1.78. The summed E-state index contributed by atoms with van der Waals surface area (Å²) < 4.78 is 0. The van der Waals surface area contributed by atoms with E-state index in [2.05, 4.69) is 10.6 Å². The Morgan fingerprint density at radius 3 is 2.50 bits per heavy atom. The van der Waals surface area contributed by atoms with Gasteiger partial charge in [0.2, 0.25) is 0 Å². The van der Waals surface area contributed by atoms with Gasteiger partial charge in [0.1, 0.15) is 5.75 Å². The number of carbonyl (C=O) groups excluding carboxylic acids is 1. The van der Waals surface area contributed by atoms with E-state index in [4.69, 9.17) is 0 Å². The minimum atomic E-state index is -0.210. The number of phenols is 1. The largest absolute Gasteiger partial charge is 0.508 e. The molecular formula is C16H18N2O2. The fraction of sp³-hybridized carbons (Fsp3) is 0.188. The Morgan fingerprint density at radius 1 is 1.10 bits per heavy atom. The van der Waals surface area contributed by atoms with Crippen molar-refractivity contribution in [2.75, 3.05) is 11.9 Å². The predicted molar refractivity (Wildman–Crippen MR) is 80.0 cm³/mol. The zero-order valence-corrected chi connectivity index (χ0v) is 11.4. The molecule has 2 aromatic rings. The van der Waals surface area contributed by atoms with E-state index in [1.807, 2.05) is 43.3 Å². The third-order valence-corrected chi connectivity index (χ3v) is 3.03. The van der Waals surface area contributed by atoms with Gasteiger partial charge in [0, 0.05) is 12.2 Å². The number of hydrogen-bond donors (Lipinski definition) is 3. The van der Waals surface area contributed by atoms with Crippen molar-refractivity contribution in [3.63, 3.8) is 0 Å². The van der Waals surface area contributed by atoms with Crippen molar-refractivity contribution in [2.24, 2.45) is 0 Å². The second kappa shape index (κ2) is 6.61. The van der Waals surface area contributed by atoms with Gasteiger partial charge in [-0.3, -0.25) is 0 Å². The van der Waals surface area contributed by atoms with Crippen LogP contribution < -0.4 is 10.6 Å². The first kappa shape index (κ1) is 13.9. The summed E-state index contributed by atoms with van der Waals surface area (Å²) in [5.74, 6) is 0.249. The molecule has 0 unspecified atom stereocenters. The number of para-hydroxylation sites is 1. The number of benzene rings is 2. The molecule has 0 atom stereocenters. The number of nitrogens with one attached hydrogen (secondary N) is 2. The fourth-order valence-electron chi connectivity index (χ4n) is 1.86. The first-order valence-electron chi connectivity index (χ1n) is 6.53. The van der Waals surface area contributed by atoms with Crippen LogP contribution in [0.1, 0.15) is 11.1 Å². The summed E-state index contributed by atoms with van der Waals surface area (Å²) in [7, 11) is 0. The van der Waals surface area contributed by atoms with E-state index >= 15 is 0 Å². The van der Waals surface area contributed by atoms with Crippen molar-refractivity contribution < 1.29 is 9.90 Å². The molecule has 0 aromatic heterocycles. The number of aromatic hydroxyl groups is 1. The van der Waals surface area contributed by atoms with Crippen LogP contribution in [0, 0.1) is 6.92 Å². The Labute approximate surface area is 118 Å². The minimum absolute atomic E-state index is 0.210. The molecule has 4 heteroatoms. The lowest BCUT2D eigenvalue weighted by Crippen LogP contribution is -2.30. The molecular weight excluding hydrogens is 252 g/mol. The summed E-state index contributed by atoms with van der Waals surface area (Å²) in [5.41, 5.74) is 2.91.